The predicted octanol–water partition coefficient (Wildman–Crippen LogP) is -0.276. The zero-order chi connectivity index (χ0) is 15.0. The van der Waals surface area contributed by atoms with E-state index in [2.05, 4.69) is 21.3 Å². The number of carbonyl (C=O) groups excluding carboxylic acids is 3. The highest BCUT2D eigenvalue weighted by atomic mass is 16.3. The molecule has 0 aromatic heterocycles. The van der Waals surface area contributed by atoms with Gasteiger partial charge >= 0.3 is 17.8 Å². The number of anilines is 1. The van der Waals surface area contributed by atoms with Gasteiger partial charge in [0.1, 0.15) is 5.75 Å². The van der Waals surface area contributed by atoms with Gasteiger partial charge in [0.15, 0.2) is 0 Å². The fourth-order valence-electron chi connectivity index (χ4n) is 1.25. The highest BCUT2D eigenvalue weighted by Crippen LogP contribution is 2.13. The van der Waals surface area contributed by atoms with E-state index in [4.69, 9.17) is 5.11 Å². The summed E-state index contributed by atoms with van der Waals surface area (Å²) >= 11 is 0. The maximum Gasteiger partial charge on any atom is 0.320 e. The molecular formula is C12H16N4O4. The van der Waals surface area contributed by atoms with Crippen LogP contribution in [0.15, 0.2) is 24.3 Å². The van der Waals surface area contributed by atoms with Gasteiger partial charge in [-0.3, -0.25) is 9.59 Å². The molecule has 1 aromatic carbocycles. The summed E-state index contributed by atoms with van der Waals surface area (Å²) in [6, 6.07) is 5.33. The van der Waals surface area contributed by atoms with Crippen LogP contribution >= 0.6 is 0 Å². The van der Waals surface area contributed by atoms with Crippen LogP contribution in [-0.2, 0) is 9.59 Å². The fraction of sp³-hybridized carbons (Fsp3) is 0.250. The lowest BCUT2D eigenvalue weighted by molar-refractivity contribution is -0.139. The van der Waals surface area contributed by atoms with Crippen molar-refractivity contribution in [3.8, 4) is 5.75 Å². The van der Waals surface area contributed by atoms with Crippen LogP contribution in [0.3, 0.4) is 0 Å². The Labute approximate surface area is 115 Å². The molecule has 0 bridgehead atoms. The molecule has 8 heteroatoms. The molecule has 8 nitrogen and oxygen atoms in total. The van der Waals surface area contributed by atoms with Crippen LogP contribution in [0, 0.1) is 0 Å². The molecule has 0 aliphatic heterocycles. The van der Waals surface area contributed by atoms with Crippen molar-refractivity contribution < 1.29 is 19.5 Å². The van der Waals surface area contributed by atoms with E-state index in [1.807, 2.05) is 0 Å². The van der Waals surface area contributed by atoms with Crippen LogP contribution < -0.4 is 21.3 Å². The smallest absolute Gasteiger partial charge is 0.320 e. The average molecular weight is 280 g/mol. The molecule has 108 valence electrons. The number of carbonyl (C=O) groups is 3. The number of benzene rings is 1. The minimum atomic E-state index is -0.822. The number of aromatic hydroxyl groups is 1. The van der Waals surface area contributed by atoms with E-state index in [-0.39, 0.29) is 12.4 Å². The third-order valence-corrected chi connectivity index (χ3v) is 2.17. The van der Waals surface area contributed by atoms with Crippen molar-refractivity contribution in [3.05, 3.63) is 24.3 Å². The summed E-state index contributed by atoms with van der Waals surface area (Å²) in [7, 11) is 0. The van der Waals surface area contributed by atoms with Gasteiger partial charge in [-0.2, -0.15) is 0 Å². The molecule has 0 saturated carbocycles. The Bertz CT molecular complexity index is 487. The largest absolute Gasteiger partial charge is 0.508 e. The molecule has 20 heavy (non-hydrogen) atoms. The van der Waals surface area contributed by atoms with Crippen molar-refractivity contribution in [1.82, 2.24) is 16.0 Å². The van der Waals surface area contributed by atoms with Crippen molar-refractivity contribution in [1.29, 1.82) is 0 Å². The van der Waals surface area contributed by atoms with Gasteiger partial charge in [0.25, 0.3) is 0 Å². The predicted molar refractivity (Wildman–Crippen MR) is 72.0 cm³/mol. The number of phenols is 1. The van der Waals surface area contributed by atoms with Crippen molar-refractivity contribution in [3.63, 3.8) is 0 Å². The molecule has 0 aliphatic carbocycles. The normalized spacial score (nSPS) is 9.45. The van der Waals surface area contributed by atoms with Crippen LogP contribution in [-0.4, -0.2) is 36.2 Å². The number of nitrogens with one attached hydrogen (secondary N) is 4. The molecule has 0 spiro atoms. The quantitative estimate of drug-likeness (QED) is 0.296. The van der Waals surface area contributed by atoms with Gasteiger partial charge in [0, 0.05) is 12.2 Å². The van der Waals surface area contributed by atoms with E-state index in [0.29, 0.717) is 12.2 Å². The molecule has 0 aliphatic rings. The zero-order valence-corrected chi connectivity index (χ0v) is 10.9. The van der Waals surface area contributed by atoms with Gasteiger partial charge < -0.3 is 26.4 Å². The van der Waals surface area contributed by atoms with E-state index in [0.717, 1.165) is 0 Å². The minimum Gasteiger partial charge on any atom is -0.508 e. The molecule has 1 rings (SSSR count). The van der Waals surface area contributed by atoms with Gasteiger partial charge in [0.05, 0.1) is 6.67 Å². The first-order chi connectivity index (χ1) is 9.52. The summed E-state index contributed by atoms with van der Waals surface area (Å²) in [6.07, 6.45) is 0. The highest BCUT2D eigenvalue weighted by molar-refractivity contribution is 6.35. The van der Waals surface area contributed by atoms with Crippen molar-refractivity contribution in [2.75, 3.05) is 18.5 Å². The second kappa shape index (κ2) is 7.62. The number of hydrogen-bond acceptors (Lipinski definition) is 4. The molecule has 0 heterocycles. The highest BCUT2D eigenvalue weighted by Gasteiger charge is 2.11. The lowest BCUT2D eigenvalue weighted by Crippen LogP contribution is -2.45. The summed E-state index contributed by atoms with van der Waals surface area (Å²) in [6.45, 7) is 1.86. The molecular weight excluding hydrogens is 264 g/mol. The molecule has 0 unspecified atom stereocenters. The van der Waals surface area contributed by atoms with E-state index < -0.39 is 17.8 Å². The Morgan fingerprint density at radius 1 is 1.00 bits per heavy atom. The maximum absolute atomic E-state index is 11.4. The Hall–Kier alpha value is -2.77. The summed E-state index contributed by atoms with van der Waals surface area (Å²) in [4.78, 5) is 33.7. The van der Waals surface area contributed by atoms with Gasteiger partial charge in [-0.15, -0.1) is 0 Å². The summed E-state index contributed by atoms with van der Waals surface area (Å²) in [5, 5.41) is 18.5. The summed E-state index contributed by atoms with van der Waals surface area (Å²) in [5.74, 6) is -1.49. The van der Waals surface area contributed by atoms with Gasteiger partial charge in [-0.1, -0.05) is 0 Å². The molecule has 0 atom stereocenters. The Balaban J connectivity index is 2.28. The zero-order valence-electron chi connectivity index (χ0n) is 10.9. The number of phenolic OH excluding ortho intramolecular Hbond substituents is 1. The van der Waals surface area contributed by atoms with E-state index in [1.165, 1.54) is 24.3 Å². The standard InChI is InChI=1S/C12H16N4O4/c1-2-13-10(18)11(19)14-7-15-12(20)16-8-3-5-9(17)6-4-8/h3-6,17H,2,7H2,1H3,(H,13,18)(H,14,19)(H2,15,16,20). The number of amides is 4. The van der Waals surface area contributed by atoms with Gasteiger partial charge in [0.2, 0.25) is 0 Å². The minimum absolute atomic E-state index is 0.0881. The summed E-state index contributed by atoms with van der Waals surface area (Å²) in [5.41, 5.74) is 0.482. The van der Waals surface area contributed by atoms with Crippen LogP contribution in [0.25, 0.3) is 0 Å². The molecule has 5 N–H and O–H groups in total. The lowest BCUT2D eigenvalue weighted by atomic mass is 10.3. The third kappa shape index (κ3) is 5.25. The van der Waals surface area contributed by atoms with Crippen molar-refractivity contribution in [2.24, 2.45) is 0 Å². The van der Waals surface area contributed by atoms with E-state index >= 15 is 0 Å². The maximum atomic E-state index is 11.4. The number of hydrogen-bond donors (Lipinski definition) is 5. The lowest BCUT2D eigenvalue weighted by Gasteiger charge is -2.08. The first-order valence-corrected chi connectivity index (χ1v) is 5.93. The Morgan fingerprint density at radius 3 is 2.20 bits per heavy atom. The van der Waals surface area contributed by atoms with E-state index in [9.17, 15) is 14.4 Å². The Kier molecular flexibility index (Phi) is 5.82. The number of rotatable bonds is 4. The SMILES string of the molecule is CCNC(=O)C(=O)NCNC(=O)Nc1ccc(O)cc1. The Morgan fingerprint density at radius 2 is 1.60 bits per heavy atom. The monoisotopic (exact) mass is 280 g/mol. The molecule has 0 radical (unpaired) electrons. The van der Waals surface area contributed by atoms with E-state index in [1.54, 1.807) is 6.92 Å². The van der Waals surface area contributed by atoms with Crippen LogP contribution in [0.5, 0.6) is 5.75 Å². The summed E-state index contributed by atoms with van der Waals surface area (Å²) < 4.78 is 0. The van der Waals surface area contributed by atoms with Gasteiger partial charge in [-0.05, 0) is 31.2 Å². The number of likely N-dealkylation sites (N-methyl/N-ethyl adjacent to an activating group) is 1. The molecule has 4 amide bonds. The molecule has 0 fully saturated rings. The van der Waals surface area contributed by atoms with Crippen molar-refractivity contribution >= 4 is 23.5 Å². The second-order valence-corrected chi connectivity index (χ2v) is 3.72. The third-order valence-electron chi connectivity index (χ3n) is 2.17. The van der Waals surface area contributed by atoms with Crippen LogP contribution in [0.4, 0.5) is 10.5 Å². The van der Waals surface area contributed by atoms with Crippen LogP contribution in [0.1, 0.15) is 6.92 Å². The average Bonchev–Trinajstić information content (AvgIpc) is 2.41. The first-order valence-electron chi connectivity index (χ1n) is 5.93. The molecule has 1 aromatic rings. The van der Waals surface area contributed by atoms with Gasteiger partial charge in [-0.25, -0.2) is 4.79 Å². The van der Waals surface area contributed by atoms with Crippen LogP contribution in [0.2, 0.25) is 0 Å². The number of urea groups is 1. The van der Waals surface area contributed by atoms with Crippen molar-refractivity contribution in [2.45, 2.75) is 6.92 Å². The second-order valence-electron chi connectivity index (χ2n) is 3.72. The fourth-order valence-corrected chi connectivity index (χ4v) is 1.25. The molecule has 0 saturated heterocycles. The first kappa shape index (κ1) is 15.3. The topological polar surface area (TPSA) is 120 Å².